The van der Waals surface area contributed by atoms with Gasteiger partial charge in [0.15, 0.2) is 0 Å². The van der Waals surface area contributed by atoms with Gasteiger partial charge in [0, 0.05) is 12.7 Å². The van der Waals surface area contributed by atoms with Crippen molar-refractivity contribution in [2.75, 3.05) is 19.6 Å². The van der Waals surface area contributed by atoms with Crippen LogP contribution in [0.5, 0.6) is 0 Å². The standard InChI is InChI=1S/C19H24N4O2/c20-14-15-13-16-17(21-18(15)24)7-12-23(19(16)25)11-6-5-10-22-8-3-1-2-4-9-22/h7,12-13H,1-6,8-11H2,(H,21,24). The van der Waals surface area contributed by atoms with Gasteiger partial charge in [0.2, 0.25) is 0 Å². The Morgan fingerprint density at radius 1 is 1.08 bits per heavy atom. The van der Waals surface area contributed by atoms with Crippen molar-refractivity contribution in [3.05, 3.63) is 44.6 Å². The Balaban J connectivity index is 1.64. The first-order valence-electron chi connectivity index (χ1n) is 9.08. The quantitative estimate of drug-likeness (QED) is 0.846. The molecule has 0 spiro atoms. The van der Waals surface area contributed by atoms with Crippen LogP contribution in [-0.2, 0) is 6.54 Å². The van der Waals surface area contributed by atoms with Gasteiger partial charge in [0.25, 0.3) is 11.1 Å². The number of pyridine rings is 2. The molecule has 3 rings (SSSR count). The summed E-state index contributed by atoms with van der Waals surface area (Å²) >= 11 is 0. The summed E-state index contributed by atoms with van der Waals surface area (Å²) in [6, 6.07) is 4.95. The summed E-state index contributed by atoms with van der Waals surface area (Å²) in [4.78, 5) is 29.3. The number of nitrogens with zero attached hydrogens (tertiary/aromatic N) is 3. The molecule has 2 aromatic rings. The van der Waals surface area contributed by atoms with Crippen LogP contribution < -0.4 is 11.1 Å². The molecule has 2 aromatic heterocycles. The van der Waals surface area contributed by atoms with Gasteiger partial charge in [-0.2, -0.15) is 5.26 Å². The van der Waals surface area contributed by atoms with Gasteiger partial charge >= 0.3 is 0 Å². The zero-order valence-corrected chi connectivity index (χ0v) is 14.5. The molecule has 0 amide bonds. The molecular formula is C19H24N4O2. The Morgan fingerprint density at radius 3 is 2.52 bits per heavy atom. The van der Waals surface area contributed by atoms with Gasteiger partial charge in [0.1, 0.15) is 11.6 Å². The summed E-state index contributed by atoms with van der Waals surface area (Å²) in [6.07, 6.45) is 9.01. The number of nitriles is 1. The topological polar surface area (TPSA) is 81.9 Å². The lowest BCUT2D eigenvalue weighted by atomic mass is 10.2. The second-order valence-electron chi connectivity index (χ2n) is 6.73. The lowest BCUT2D eigenvalue weighted by Crippen LogP contribution is -2.26. The van der Waals surface area contributed by atoms with Crippen molar-refractivity contribution < 1.29 is 0 Å². The maximum Gasteiger partial charge on any atom is 0.266 e. The molecule has 0 radical (unpaired) electrons. The van der Waals surface area contributed by atoms with E-state index < -0.39 is 5.56 Å². The molecular weight excluding hydrogens is 316 g/mol. The zero-order valence-electron chi connectivity index (χ0n) is 14.5. The number of aromatic amines is 1. The SMILES string of the molecule is N#Cc1cc2c(=O)n(CCCCN3CCCCCC3)ccc2[nH]c1=O. The number of likely N-dealkylation sites (tertiary alicyclic amines) is 1. The minimum atomic E-state index is -0.454. The highest BCUT2D eigenvalue weighted by atomic mass is 16.1. The number of unbranched alkanes of at least 4 members (excludes halogenated alkanes) is 1. The predicted molar refractivity (Wildman–Crippen MR) is 97.7 cm³/mol. The molecule has 25 heavy (non-hydrogen) atoms. The van der Waals surface area contributed by atoms with E-state index in [1.807, 2.05) is 6.07 Å². The number of fused-ring (bicyclic) bond motifs is 1. The summed E-state index contributed by atoms with van der Waals surface area (Å²) in [5.41, 5.74) is -0.150. The van der Waals surface area contributed by atoms with Crippen LogP contribution in [0.4, 0.5) is 0 Å². The fraction of sp³-hybridized carbons (Fsp3) is 0.526. The molecule has 3 heterocycles. The van der Waals surface area contributed by atoms with Gasteiger partial charge in [-0.1, -0.05) is 12.8 Å². The van der Waals surface area contributed by atoms with E-state index >= 15 is 0 Å². The zero-order chi connectivity index (χ0) is 17.6. The van der Waals surface area contributed by atoms with E-state index in [2.05, 4.69) is 9.88 Å². The monoisotopic (exact) mass is 340 g/mol. The van der Waals surface area contributed by atoms with Crippen molar-refractivity contribution in [3.63, 3.8) is 0 Å². The van der Waals surface area contributed by atoms with Crippen LogP contribution in [0, 0.1) is 11.3 Å². The van der Waals surface area contributed by atoms with Gasteiger partial charge < -0.3 is 14.5 Å². The van der Waals surface area contributed by atoms with Crippen molar-refractivity contribution in [3.8, 4) is 6.07 Å². The first kappa shape index (κ1) is 17.4. The normalized spacial score (nSPS) is 15.8. The molecule has 6 heteroatoms. The van der Waals surface area contributed by atoms with Crippen LogP contribution >= 0.6 is 0 Å². The fourth-order valence-corrected chi connectivity index (χ4v) is 3.48. The second-order valence-corrected chi connectivity index (χ2v) is 6.73. The van der Waals surface area contributed by atoms with Crippen molar-refractivity contribution in [1.29, 1.82) is 5.26 Å². The van der Waals surface area contributed by atoms with Crippen LogP contribution in [0.3, 0.4) is 0 Å². The van der Waals surface area contributed by atoms with Gasteiger partial charge in [-0.3, -0.25) is 9.59 Å². The van der Waals surface area contributed by atoms with Crippen molar-refractivity contribution >= 4 is 10.9 Å². The molecule has 1 fully saturated rings. The molecule has 0 aromatic carbocycles. The van der Waals surface area contributed by atoms with E-state index in [1.54, 1.807) is 16.8 Å². The van der Waals surface area contributed by atoms with E-state index in [0.717, 1.165) is 19.4 Å². The van der Waals surface area contributed by atoms with Crippen LogP contribution in [-0.4, -0.2) is 34.1 Å². The number of hydrogen-bond acceptors (Lipinski definition) is 4. The average Bonchev–Trinajstić information content (AvgIpc) is 2.89. The van der Waals surface area contributed by atoms with Gasteiger partial charge in [-0.25, -0.2) is 0 Å². The van der Waals surface area contributed by atoms with Crippen molar-refractivity contribution in [2.24, 2.45) is 0 Å². The Kier molecular flexibility index (Phi) is 5.67. The Morgan fingerprint density at radius 2 is 1.80 bits per heavy atom. The average molecular weight is 340 g/mol. The third kappa shape index (κ3) is 4.18. The molecule has 0 bridgehead atoms. The van der Waals surface area contributed by atoms with E-state index in [4.69, 9.17) is 5.26 Å². The Bertz CT molecular complexity index is 883. The molecule has 0 aliphatic carbocycles. The van der Waals surface area contributed by atoms with E-state index in [-0.39, 0.29) is 11.1 Å². The smallest absolute Gasteiger partial charge is 0.266 e. The van der Waals surface area contributed by atoms with Crippen LogP contribution in [0.2, 0.25) is 0 Å². The third-order valence-electron chi connectivity index (χ3n) is 4.93. The fourth-order valence-electron chi connectivity index (χ4n) is 3.48. The summed E-state index contributed by atoms with van der Waals surface area (Å²) in [5.74, 6) is 0. The Labute approximate surface area is 146 Å². The molecule has 132 valence electrons. The van der Waals surface area contributed by atoms with E-state index in [0.29, 0.717) is 17.4 Å². The lowest BCUT2D eigenvalue weighted by Gasteiger charge is -2.19. The molecule has 0 unspecified atom stereocenters. The van der Waals surface area contributed by atoms with Crippen molar-refractivity contribution in [1.82, 2.24) is 14.5 Å². The highest BCUT2D eigenvalue weighted by molar-refractivity contribution is 5.78. The summed E-state index contributed by atoms with van der Waals surface area (Å²) in [5, 5.41) is 9.37. The molecule has 6 nitrogen and oxygen atoms in total. The largest absolute Gasteiger partial charge is 0.321 e. The summed E-state index contributed by atoms with van der Waals surface area (Å²) < 4.78 is 1.67. The number of aryl methyl sites for hydroxylation is 1. The van der Waals surface area contributed by atoms with Gasteiger partial charge in [0.05, 0.1) is 10.9 Å². The highest BCUT2D eigenvalue weighted by Gasteiger charge is 2.09. The maximum atomic E-state index is 12.6. The Hall–Kier alpha value is -2.39. The van der Waals surface area contributed by atoms with Crippen LogP contribution in [0.15, 0.2) is 27.9 Å². The van der Waals surface area contributed by atoms with Crippen LogP contribution in [0.1, 0.15) is 44.1 Å². The highest BCUT2D eigenvalue weighted by Crippen LogP contribution is 2.11. The predicted octanol–water partition coefficient (Wildman–Crippen LogP) is 2.22. The summed E-state index contributed by atoms with van der Waals surface area (Å²) in [6.45, 7) is 4.14. The number of aromatic nitrogens is 2. The molecule has 1 aliphatic heterocycles. The molecule has 1 aliphatic rings. The van der Waals surface area contributed by atoms with E-state index in [1.165, 1.54) is 44.8 Å². The maximum absolute atomic E-state index is 12.6. The molecule has 1 saturated heterocycles. The molecule has 0 saturated carbocycles. The minimum Gasteiger partial charge on any atom is -0.321 e. The second kappa shape index (κ2) is 8.13. The third-order valence-corrected chi connectivity index (χ3v) is 4.93. The van der Waals surface area contributed by atoms with Crippen LogP contribution in [0.25, 0.3) is 10.9 Å². The minimum absolute atomic E-state index is 0.0245. The number of hydrogen-bond donors (Lipinski definition) is 1. The van der Waals surface area contributed by atoms with Gasteiger partial charge in [-0.05, 0) is 57.5 Å². The first-order chi connectivity index (χ1) is 12.2. The number of H-pyrrole nitrogens is 1. The molecule has 0 atom stereocenters. The first-order valence-corrected chi connectivity index (χ1v) is 9.08. The number of rotatable bonds is 5. The van der Waals surface area contributed by atoms with E-state index in [9.17, 15) is 9.59 Å². The number of nitrogens with one attached hydrogen (secondary N) is 1. The summed E-state index contributed by atoms with van der Waals surface area (Å²) in [7, 11) is 0. The van der Waals surface area contributed by atoms with Gasteiger partial charge in [-0.15, -0.1) is 0 Å². The molecule has 1 N–H and O–H groups in total. The van der Waals surface area contributed by atoms with Crippen molar-refractivity contribution in [2.45, 2.75) is 45.1 Å². The lowest BCUT2D eigenvalue weighted by molar-refractivity contribution is 0.276.